The van der Waals surface area contributed by atoms with Gasteiger partial charge < -0.3 is 0 Å². The van der Waals surface area contributed by atoms with E-state index in [-0.39, 0.29) is 32.4 Å². The van der Waals surface area contributed by atoms with Crippen molar-refractivity contribution in [3.8, 4) is 0 Å². The molecule has 1 nitrogen and oxygen atoms in total. The van der Waals surface area contributed by atoms with E-state index in [1.807, 2.05) is 63.4 Å². The standard InChI is InChI=1S/C11H16.2C10H13F.C10H20.2C10H14.C9H18.C8H10BrN.2CH4/c1-8(2)11-6-5-9(3)10(4)7-11;1-7(2)9-5-4-8(3)10(11)6-9;1-7(2)9-5-4-8(3)6-10(9)11;3*1-8(2)10-6-4-9(3)5-7-10;1-8(2)7-9-5-3-4-6-9;1-6(2)8-4-3-7(9)5-10-8;;/h5-8H,1-4H3;2*4-7H,1-3H3;8-10H,4-7H2,1-3H3;2*4-8H,1-3H3;8-9H,3-7H2,1-2H3;3-6H,1-2H3;2*1H4. The molecule has 2 saturated carbocycles. The summed E-state index contributed by atoms with van der Waals surface area (Å²) in [4.78, 5) is 4.23. The van der Waals surface area contributed by atoms with E-state index in [2.05, 4.69) is 219 Å². The van der Waals surface area contributed by atoms with Crippen molar-refractivity contribution >= 4 is 15.9 Å². The second-order valence-corrected chi connectivity index (χ2v) is 27.5. The molecule has 0 aliphatic heterocycles. The van der Waals surface area contributed by atoms with Gasteiger partial charge in [0.2, 0.25) is 0 Å². The Morgan fingerprint density at radius 2 is 0.857 bits per heavy atom. The molecular weight excluding hydrogens is 1090 g/mol. The molecule has 6 aromatic rings. The van der Waals surface area contributed by atoms with Crippen LogP contribution < -0.4 is 0 Å². The molecule has 2 fully saturated rings. The molecule has 0 atom stereocenters. The highest BCUT2D eigenvalue weighted by Crippen LogP contribution is 2.33. The zero-order chi connectivity index (χ0) is 62.2. The molecule has 0 amide bonds. The zero-order valence-corrected chi connectivity index (χ0v) is 57.9. The third kappa shape index (κ3) is 35.3. The van der Waals surface area contributed by atoms with Crippen LogP contribution in [0.3, 0.4) is 0 Å². The topological polar surface area (TPSA) is 12.9 Å². The first-order valence-electron chi connectivity index (χ1n) is 31.8. The Kier molecular flexibility index (Phi) is 42.9. The molecule has 1 aromatic heterocycles. The summed E-state index contributed by atoms with van der Waals surface area (Å²) in [7, 11) is 0. The lowest BCUT2D eigenvalue weighted by atomic mass is 9.78. The minimum Gasteiger partial charge on any atom is -0.260 e. The number of hydrogen-bond donors (Lipinski definition) is 0. The van der Waals surface area contributed by atoms with Crippen molar-refractivity contribution in [2.75, 3.05) is 0 Å². The Morgan fingerprint density at radius 3 is 1.21 bits per heavy atom. The van der Waals surface area contributed by atoms with E-state index in [1.54, 1.807) is 19.1 Å². The molecule has 1 heterocycles. The van der Waals surface area contributed by atoms with Gasteiger partial charge in [0.1, 0.15) is 11.6 Å². The summed E-state index contributed by atoms with van der Waals surface area (Å²) in [5.74, 6) is 7.96. The van der Waals surface area contributed by atoms with Crippen LogP contribution in [-0.4, -0.2) is 4.98 Å². The second-order valence-electron chi connectivity index (χ2n) is 26.6. The highest BCUT2D eigenvalue weighted by atomic mass is 79.9. The number of aryl methyl sites for hydroxylation is 6. The monoisotopic (exact) mass is 1220 g/mol. The molecule has 2 aliphatic rings. The molecule has 0 spiro atoms. The van der Waals surface area contributed by atoms with Crippen LogP contribution in [0.2, 0.25) is 0 Å². The van der Waals surface area contributed by atoms with Crippen LogP contribution in [0.15, 0.2) is 126 Å². The molecule has 2 aliphatic carbocycles. The summed E-state index contributed by atoms with van der Waals surface area (Å²) in [5, 5.41) is 0. The average Bonchev–Trinajstić information content (AvgIpc) is 3.95. The molecular formula is C80H126BrF2N. The number of aromatic nitrogens is 1. The van der Waals surface area contributed by atoms with E-state index in [4.69, 9.17) is 0 Å². The molecule has 0 saturated heterocycles. The molecule has 0 bridgehead atoms. The van der Waals surface area contributed by atoms with Crippen molar-refractivity contribution in [3.05, 3.63) is 204 Å². The third-order valence-corrected chi connectivity index (χ3v) is 16.4. The summed E-state index contributed by atoms with van der Waals surface area (Å²) in [5.41, 5.74) is 14.4. The number of rotatable bonds is 9. The molecule has 84 heavy (non-hydrogen) atoms. The average molecular weight is 1220 g/mol. The first kappa shape index (κ1) is 81.7. The van der Waals surface area contributed by atoms with Gasteiger partial charge >= 0.3 is 0 Å². The van der Waals surface area contributed by atoms with Crippen molar-refractivity contribution in [2.24, 2.45) is 29.6 Å². The van der Waals surface area contributed by atoms with E-state index in [0.717, 1.165) is 62.0 Å². The van der Waals surface area contributed by atoms with Crippen LogP contribution >= 0.6 is 15.9 Å². The fourth-order valence-corrected chi connectivity index (χ4v) is 9.92. The van der Waals surface area contributed by atoms with Crippen LogP contribution in [0.4, 0.5) is 8.78 Å². The maximum Gasteiger partial charge on any atom is 0.126 e. The number of hydrogen-bond acceptors (Lipinski definition) is 1. The summed E-state index contributed by atoms with van der Waals surface area (Å²) in [6.45, 7) is 49.7. The number of benzene rings is 5. The summed E-state index contributed by atoms with van der Waals surface area (Å²) in [6, 6.07) is 39.0. The maximum absolute atomic E-state index is 13.1. The molecule has 0 N–H and O–H groups in total. The summed E-state index contributed by atoms with van der Waals surface area (Å²) < 4.78 is 27.1. The van der Waals surface area contributed by atoms with Crippen LogP contribution in [0, 0.1) is 82.8 Å². The van der Waals surface area contributed by atoms with Crippen LogP contribution in [0.25, 0.3) is 0 Å². The fourth-order valence-electron chi connectivity index (χ4n) is 9.69. The number of nitrogens with zero attached hydrogens (tertiary/aromatic N) is 1. The quantitative estimate of drug-likeness (QED) is 0.141. The summed E-state index contributed by atoms with van der Waals surface area (Å²) >= 11 is 3.33. The van der Waals surface area contributed by atoms with Gasteiger partial charge in [0, 0.05) is 16.4 Å². The van der Waals surface area contributed by atoms with Gasteiger partial charge in [-0.15, -0.1) is 0 Å². The third-order valence-electron chi connectivity index (χ3n) is 16.0. The molecule has 472 valence electrons. The summed E-state index contributed by atoms with van der Waals surface area (Å²) in [6.07, 6.45) is 15.2. The molecule has 0 unspecified atom stereocenters. The molecule has 0 radical (unpaired) electrons. The van der Waals surface area contributed by atoms with E-state index < -0.39 is 0 Å². The SMILES string of the molecule is C.C.CC(C)CC1CCCC1.CC(C)c1ccc(Br)cn1.CC1CCC(C(C)C)CC1.Cc1ccc(C(C)C)c(F)c1.Cc1ccc(C(C)C)cc1.Cc1ccc(C(C)C)cc1.Cc1ccc(C(C)C)cc1C.Cc1ccc(C(C)C)cc1F. The van der Waals surface area contributed by atoms with Crippen molar-refractivity contribution < 1.29 is 8.78 Å². The second kappa shape index (κ2) is 44.1. The van der Waals surface area contributed by atoms with Gasteiger partial charge in [-0.25, -0.2) is 8.78 Å². The minimum atomic E-state index is -0.101. The Morgan fingerprint density at radius 1 is 0.429 bits per heavy atom. The molecule has 8 rings (SSSR count). The van der Waals surface area contributed by atoms with Gasteiger partial charge in [0.05, 0.1) is 0 Å². The first-order chi connectivity index (χ1) is 38.4. The lowest BCUT2D eigenvalue weighted by molar-refractivity contribution is 0.234. The Labute approximate surface area is 528 Å². The first-order valence-corrected chi connectivity index (χ1v) is 32.5. The van der Waals surface area contributed by atoms with Gasteiger partial charge in [-0.1, -0.05) is 273 Å². The van der Waals surface area contributed by atoms with Crippen molar-refractivity contribution in [1.29, 1.82) is 0 Å². The van der Waals surface area contributed by atoms with Gasteiger partial charge in [0.15, 0.2) is 0 Å². The molecule has 5 aromatic carbocycles. The predicted octanol–water partition coefficient (Wildman–Crippen LogP) is 27.1. The normalized spacial score (nSPS) is 14.4. The van der Waals surface area contributed by atoms with Crippen molar-refractivity contribution in [3.63, 3.8) is 0 Å². The Balaban J connectivity index is 0. The van der Waals surface area contributed by atoms with Gasteiger partial charge in [0.25, 0.3) is 0 Å². The van der Waals surface area contributed by atoms with Gasteiger partial charge in [-0.3, -0.25) is 4.98 Å². The van der Waals surface area contributed by atoms with E-state index in [1.165, 1.54) is 96.7 Å². The molecule has 4 heteroatoms. The van der Waals surface area contributed by atoms with Gasteiger partial charge in [-0.2, -0.15) is 0 Å². The number of pyridine rings is 1. The zero-order valence-electron chi connectivity index (χ0n) is 56.3. The van der Waals surface area contributed by atoms with E-state index in [0.29, 0.717) is 29.6 Å². The van der Waals surface area contributed by atoms with Crippen molar-refractivity contribution in [2.45, 2.75) is 267 Å². The van der Waals surface area contributed by atoms with E-state index in [9.17, 15) is 8.78 Å². The predicted molar refractivity (Wildman–Crippen MR) is 378 cm³/mol. The van der Waals surface area contributed by atoms with Crippen LogP contribution in [0.5, 0.6) is 0 Å². The fraction of sp³-hybridized carbons (Fsp3) is 0.562. The number of halogens is 3. The Bertz CT molecular complexity index is 2400. The van der Waals surface area contributed by atoms with Gasteiger partial charge in [-0.05, 0) is 216 Å². The van der Waals surface area contributed by atoms with E-state index >= 15 is 0 Å². The van der Waals surface area contributed by atoms with Crippen LogP contribution in [0.1, 0.15) is 293 Å². The highest BCUT2D eigenvalue weighted by molar-refractivity contribution is 9.10. The largest absolute Gasteiger partial charge is 0.260 e. The lowest BCUT2D eigenvalue weighted by Crippen LogP contribution is -2.16. The lowest BCUT2D eigenvalue weighted by Gasteiger charge is -2.28. The maximum atomic E-state index is 13.1. The van der Waals surface area contributed by atoms with Crippen molar-refractivity contribution in [1.82, 2.24) is 4.98 Å². The smallest absolute Gasteiger partial charge is 0.126 e. The Hall–Kier alpha value is -4.41. The highest BCUT2D eigenvalue weighted by Gasteiger charge is 2.20. The van der Waals surface area contributed by atoms with Crippen LogP contribution in [-0.2, 0) is 0 Å². The minimum absolute atomic E-state index is 0.